The lowest BCUT2D eigenvalue weighted by molar-refractivity contribution is 0.247. The maximum Gasteiger partial charge on any atom is -0.000523 e. The Morgan fingerprint density at radius 2 is 2.00 bits per heavy atom. The van der Waals surface area contributed by atoms with Crippen molar-refractivity contribution in [2.45, 2.75) is 34.6 Å². The van der Waals surface area contributed by atoms with Crippen LogP contribution in [0.5, 0.6) is 0 Å². The largest absolute Gasteiger partial charge is 0.316 e. The minimum atomic E-state index is 0.423. The first-order valence-corrected chi connectivity index (χ1v) is 6.32. The van der Waals surface area contributed by atoms with Gasteiger partial charge in [0, 0.05) is 0 Å². The predicted molar refractivity (Wildman–Crippen MR) is 67.0 cm³/mol. The third-order valence-electron chi connectivity index (χ3n) is 4.01. The van der Waals surface area contributed by atoms with Crippen LogP contribution in [0.3, 0.4) is 0 Å². The fourth-order valence-electron chi connectivity index (χ4n) is 1.93. The van der Waals surface area contributed by atoms with Crippen LogP contribution in [0, 0.1) is 23.2 Å². The normalized spacial score (nSPS) is 29.4. The lowest BCUT2D eigenvalue weighted by atomic mass is 9.82. The molecule has 0 saturated carbocycles. The first kappa shape index (κ1) is 13.0. The second-order valence-corrected chi connectivity index (χ2v) is 6.32. The van der Waals surface area contributed by atoms with Gasteiger partial charge in [-0.1, -0.05) is 34.6 Å². The average Bonchev–Trinajstić information content (AvgIpc) is 2.50. The topological polar surface area (TPSA) is 24.1 Å². The Morgan fingerprint density at radius 3 is 2.47 bits per heavy atom. The van der Waals surface area contributed by atoms with Crippen LogP contribution in [0.1, 0.15) is 34.6 Å². The van der Waals surface area contributed by atoms with E-state index in [1.165, 1.54) is 19.6 Å². The van der Waals surface area contributed by atoms with Crippen molar-refractivity contribution < 1.29 is 0 Å². The lowest BCUT2D eigenvalue weighted by Crippen LogP contribution is -2.34. The molecule has 1 aliphatic rings. The Morgan fingerprint density at radius 1 is 1.33 bits per heavy atom. The molecule has 0 aromatic rings. The van der Waals surface area contributed by atoms with E-state index in [2.05, 4.69) is 45.3 Å². The molecule has 1 aliphatic heterocycles. The second-order valence-electron chi connectivity index (χ2n) is 6.32. The Hall–Kier alpha value is -0.0800. The van der Waals surface area contributed by atoms with E-state index in [1.807, 2.05) is 0 Å². The van der Waals surface area contributed by atoms with Gasteiger partial charge in [-0.3, -0.25) is 0 Å². The molecule has 1 fully saturated rings. The molecule has 2 nitrogen and oxygen atoms in total. The fraction of sp³-hybridized carbons (Fsp3) is 1.00. The molecule has 2 heteroatoms. The SMILES string of the molecule is CC1CNCC1CNCC(C)C(C)(C)C. The molecule has 1 rings (SSSR count). The van der Waals surface area contributed by atoms with Gasteiger partial charge in [0.05, 0.1) is 0 Å². The van der Waals surface area contributed by atoms with E-state index in [0.29, 0.717) is 5.41 Å². The molecule has 1 heterocycles. The van der Waals surface area contributed by atoms with Crippen molar-refractivity contribution in [1.29, 1.82) is 0 Å². The molecule has 3 unspecified atom stereocenters. The summed E-state index contributed by atoms with van der Waals surface area (Å²) in [6.07, 6.45) is 0. The Balaban J connectivity index is 2.16. The summed E-state index contributed by atoms with van der Waals surface area (Å²) in [7, 11) is 0. The van der Waals surface area contributed by atoms with E-state index in [4.69, 9.17) is 0 Å². The summed E-state index contributed by atoms with van der Waals surface area (Å²) in [4.78, 5) is 0. The van der Waals surface area contributed by atoms with Gasteiger partial charge in [0.15, 0.2) is 0 Å². The maximum absolute atomic E-state index is 3.62. The van der Waals surface area contributed by atoms with Crippen LogP contribution in [-0.2, 0) is 0 Å². The second kappa shape index (κ2) is 5.31. The zero-order valence-electron chi connectivity index (χ0n) is 11.1. The maximum atomic E-state index is 3.62. The van der Waals surface area contributed by atoms with E-state index < -0.39 is 0 Å². The summed E-state index contributed by atoms with van der Waals surface area (Å²) in [5, 5.41) is 7.07. The molecule has 15 heavy (non-hydrogen) atoms. The molecule has 0 aromatic heterocycles. The summed E-state index contributed by atoms with van der Waals surface area (Å²) < 4.78 is 0. The highest BCUT2D eigenvalue weighted by molar-refractivity contribution is 4.80. The number of nitrogens with one attached hydrogen (secondary N) is 2. The van der Waals surface area contributed by atoms with Crippen molar-refractivity contribution in [2.75, 3.05) is 26.2 Å². The van der Waals surface area contributed by atoms with E-state index in [0.717, 1.165) is 24.3 Å². The molecule has 0 aromatic carbocycles. The van der Waals surface area contributed by atoms with Gasteiger partial charge in [-0.05, 0) is 49.3 Å². The van der Waals surface area contributed by atoms with Crippen LogP contribution in [0.15, 0.2) is 0 Å². The van der Waals surface area contributed by atoms with Crippen LogP contribution >= 0.6 is 0 Å². The summed E-state index contributed by atoms with van der Waals surface area (Å²) in [6.45, 7) is 16.3. The Labute approximate surface area is 95.2 Å². The summed E-state index contributed by atoms with van der Waals surface area (Å²) >= 11 is 0. The zero-order valence-corrected chi connectivity index (χ0v) is 11.1. The lowest BCUT2D eigenvalue weighted by Gasteiger charge is -2.28. The van der Waals surface area contributed by atoms with Crippen molar-refractivity contribution >= 4 is 0 Å². The average molecular weight is 212 g/mol. The van der Waals surface area contributed by atoms with Crippen molar-refractivity contribution in [3.8, 4) is 0 Å². The van der Waals surface area contributed by atoms with E-state index in [-0.39, 0.29) is 0 Å². The fourth-order valence-corrected chi connectivity index (χ4v) is 1.93. The van der Waals surface area contributed by atoms with Gasteiger partial charge in [0.2, 0.25) is 0 Å². The molecule has 0 radical (unpaired) electrons. The first-order valence-electron chi connectivity index (χ1n) is 6.32. The predicted octanol–water partition coefficient (Wildman–Crippen LogP) is 2.11. The van der Waals surface area contributed by atoms with Crippen LogP contribution in [0.4, 0.5) is 0 Å². The summed E-state index contributed by atoms with van der Waals surface area (Å²) in [5.41, 5.74) is 0.423. The summed E-state index contributed by atoms with van der Waals surface area (Å²) in [6, 6.07) is 0. The first-order chi connectivity index (χ1) is 6.91. The van der Waals surface area contributed by atoms with Crippen LogP contribution in [-0.4, -0.2) is 26.2 Å². The molecule has 1 saturated heterocycles. The van der Waals surface area contributed by atoms with Gasteiger partial charge in [-0.15, -0.1) is 0 Å². The van der Waals surface area contributed by atoms with Crippen molar-refractivity contribution in [3.05, 3.63) is 0 Å². The molecular weight excluding hydrogens is 184 g/mol. The minimum absolute atomic E-state index is 0.423. The van der Waals surface area contributed by atoms with Crippen molar-refractivity contribution in [2.24, 2.45) is 23.2 Å². The zero-order chi connectivity index (χ0) is 11.5. The van der Waals surface area contributed by atoms with Crippen molar-refractivity contribution in [3.63, 3.8) is 0 Å². The summed E-state index contributed by atoms with van der Waals surface area (Å²) in [5.74, 6) is 2.40. The third kappa shape index (κ3) is 4.12. The van der Waals surface area contributed by atoms with Gasteiger partial charge in [-0.2, -0.15) is 0 Å². The van der Waals surface area contributed by atoms with Crippen LogP contribution in [0.2, 0.25) is 0 Å². The Bertz CT molecular complexity index is 181. The van der Waals surface area contributed by atoms with Gasteiger partial charge >= 0.3 is 0 Å². The molecular formula is C13H28N2. The van der Waals surface area contributed by atoms with Crippen LogP contribution < -0.4 is 10.6 Å². The minimum Gasteiger partial charge on any atom is -0.316 e. The third-order valence-corrected chi connectivity index (χ3v) is 4.01. The molecule has 90 valence electrons. The molecule has 2 N–H and O–H groups in total. The van der Waals surface area contributed by atoms with Gasteiger partial charge in [-0.25, -0.2) is 0 Å². The molecule has 3 atom stereocenters. The van der Waals surface area contributed by atoms with E-state index in [9.17, 15) is 0 Å². The van der Waals surface area contributed by atoms with Gasteiger partial charge in [0.25, 0.3) is 0 Å². The highest BCUT2D eigenvalue weighted by Crippen LogP contribution is 2.24. The standard InChI is InChI=1S/C13H28N2/c1-10-6-14-8-12(10)9-15-7-11(2)13(3,4)5/h10-12,14-15H,6-9H2,1-5H3. The number of rotatable bonds is 4. The smallest absolute Gasteiger partial charge is 0.000523 e. The monoisotopic (exact) mass is 212 g/mol. The van der Waals surface area contributed by atoms with E-state index in [1.54, 1.807) is 0 Å². The Kier molecular flexibility index (Phi) is 4.60. The van der Waals surface area contributed by atoms with Crippen LogP contribution in [0.25, 0.3) is 0 Å². The number of hydrogen-bond donors (Lipinski definition) is 2. The van der Waals surface area contributed by atoms with Crippen molar-refractivity contribution in [1.82, 2.24) is 10.6 Å². The van der Waals surface area contributed by atoms with Gasteiger partial charge in [0.1, 0.15) is 0 Å². The highest BCUT2D eigenvalue weighted by Gasteiger charge is 2.24. The van der Waals surface area contributed by atoms with Gasteiger partial charge < -0.3 is 10.6 Å². The molecule has 0 aliphatic carbocycles. The molecule has 0 amide bonds. The molecule has 0 bridgehead atoms. The van der Waals surface area contributed by atoms with E-state index >= 15 is 0 Å². The molecule has 0 spiro atoms. The quantitative estimate of drug-likeness (QED) is 0.746. The number of hydrogen-bond acceptors (Lipinski definition) is 2. The highest BCUT2D eigenvalue weighted by atomic mass is 14.9.